The third kappa shape index (κ3) is 2.38. The van der Waals surface area contributed by atoms with Crippen LogP contribution in [0, 0.1) is 0 Å². The molecular formula is C11H20N4. The van der Waals surface area contributed by atoms with Crippen molar-refractivity contribution < 1.29 is 0 Å². The van der Waals surface area contributed by atoms with E-state index in [1.165, 1.54) is 5.56 Å². The molecule has 0 radical (unpaired) electrons. The number of hydrogen-bond acceptors (Lipinski definition) is 3. The minimum absolute atomic E-state index is 0.493. The first-order chi connectivity index (χ1) is 7.31. The van der Waals surface area contributed by atoms with E-state index in [9.17, 15) is 0 Å². The maximum absolute atomic E-state index is 4.32. The highest BCUT2D eigenvalue weighted by Gasteiger charge is 2.18. The van der Waals surface area contributed by atoms with Crippen molar-refractivity contribution in [2.24, 2.45) is 0 Å². The molecule has 1 fully saturated rings. The van der Waals surface area contributed by atoms with E-state index in [1.807, 2.05) is 10.9 Å². The van der Waals surface area contributed by atoms with Gasteiger partial charge < -0.3 is 5.32 Å². The van der Waals surface area contributed by atoms with Crippen molar-refractivity contribution in [3.05, 3.63) is 18.0 Å². The molecule has 1 unspecified atom stereocenters. The first-order valence-corrected chi connectivity index (χ1v) is 5.78. The predicted octanol–water partition coefficient (Wildman–Crippen LogP) is 0.869. The van der Waals surface area contributed by atoms with Gasteiger partial charge in [-0.2, -0.15) is 5.10 Å². The van der Waals surface area contributed by atoms with Crippen LogP contribution in [0.5, 0.6) is 0 Å². The SMILES string of the molecule is CCn1cc(C(C)N2CCNCC2)cn1. The summed E-state index contributed by atoms with van der Waals surface area (Å²) in [6.45, 7) is 9.82. The molecule has 84 valence electrons. The Kier molecular flexibility index (Phi) is 3.38. The van der Waals surface area contributed by atoms with Crippen molar-refractivity contribution in [3.8, 4) is 0 Å². The van der Waals surface area contributed by atoms with Gasteiger partial charge in [-0.25, -0.2) is 0 Å². The lowest BCUT2D eigenvalue weighted by Gasteiger charge is -2.32. The molecule has 1 N–H and O–H groups in total. The average Bonchev–Trinajstić information content (AvgIpc) is 2.78. The van der Waals surface area contributed by atoms with E-state index < -0.39 is 0 Å². The molecule has 0 saturated carbocycles. The van der Waals surface area contributed by atoms with E-state index in [1.54, 1.807) is 0 Å². The average molecular weight is 208 g/mol. The molecule has 2 rings (SSSR count). The Morgan fingerprint density at radius 1 is 1.47 bits per heavy atom. The third-order valence-corrected chi connectivity index (χ3v) is 3.16. The first-order valence-electron chi connectivity index (χ1n) is 5.78. The summed E-state index contributed by atoms with van der Waals surface area (Å²) in [6.07, 6.45) is 4.16. The molecular weight excluding hydrogens is 188 g/mol. The molecule has 15 heavy (non-hydrogen) atoms. The predicted molar refractivity (Wildman–Crippen MR) is 60.8 cm³/mol. The van der Waals surface area contributed by atoms with E-state index >= 15 is 0 Å². The zero-order valence-corrected chi connectivity index (χ0v) is 9.61. The second-order valence-corrected chi connectivity index (χ2v) is 4.09. The molecule has 0 amide bonds. The number of aryl methyl sites for hydroxylation is 1. The normalized spacial score (nSPS) is 20.4. The Morgan fingerprint density at radius 2 is 2.20 bits per heavy atom. The molecule has 1 aliphatic heterocycles. The summed E-state index contributed by atoms with van der Waals surface area (Å²) < 4.78 is 1.99. The van der Waals surface area contributed by atoms with Crippen molar-refractivity contribution in [1.82, 2.24) is 20.0 Å². The van der Waals surface area contributed by atoms with Gasteiger partial charge in [-0.15, -0.1) is 0 Å². The topological polar surface area (TPSA) is 33.1 Å². The van der Waals surface area contributed by atoms with Gasteiger partial charge >= 0.3 is 0 Å². The molecule has 1 aromatic heterocycles. The zero-order valence-electron chi connectivity index (χ0n) is 9.61. The van der Waals surface area contributed by atoms with Gasteiger partial charge in [-0.1, -0.05) is 0 Å². The van der Waals surface area contributed by atoms with Crippen molar-refractivity contribution in [1.29, 1.82) is 0 Å². The molecule has 4 nitrogen and oxygen atoms in total. The highest BCUT2D eigenvalue weighted by atomic mass is 15.3. The molecule has 0 aliphatic carbocycles. The van der Waals surface area contributed by atoms with Crippen LogP contribution < -0.4 is 5.32 Å². The summed E-state index contributed by atoms with van der Waals surface area (Å²) in [7, 11) is 0. The van der Waals surface area contributed by atoms with Gasteiger partial charge in [0.15, 0.2) is 0 Å². The number of nitrogens with zero attached hydrogens (tertiary/aromatic N) is 3. The van der Waals surface area contributed by atoms with Gasteiger partial charge in [0, 0.05) is 50.5 Å². The van der Waals surface area contributed by atoms with Crippen LogP contribution in [0.25, 0.3) is 0 Å². The number of aromatic nitrogens is 2. The Bertz CT molecular complexity index is 301. The Labute approximate surface area is 91.3 Å². The largest absolute Gasteiger partial charge is 0.314 e. The molecule has 1 aliphatic rings. The molecule has 1 saturated heterocycles. The van der Waals surface area contributed by atoms with Crippen molar-refractivity contribution in [2.45, 2.75) is 26.4 Å². The van der Waals surface area contributed by atoms with Crippen LogP contribution in [-0.4, -0.2) is 40.9 Å². The monoisotopic (exact) mass is 208 g/mol. The standard InChI is InChI=1S/C11H20N4/c1-3-15-9-11(8-13-15)10(2)14-6-4-12-5-7-14/h8-10,12H,3-7H2,1-2H3. The molecule has 0 spiro atoms. The first kappa shape index (κ1) is 10.6. The fourth-order valence-corrected chi connectivity index (χ4v) is 2.05. The minimum Gasteiger partial charge on any atom is -0.314 e. The van der Waals surface area contributed by atoms with Crippen LogP contribution in [0.15, 0.2) is 12.4 Å². The van der Waals surface area contributed by atoms with Gasteiger partial charge in [0.25, 0.3) is 0 Å². The summed E-state index contributed by atoms with van der Waals surface area (Å²) in [5, 5.41) is 7.70. The van der Waals surface area contributed by atoms with Crippen LogP contribution in [0.1, 0.15) is 25.5 Å². The lowest BCUT2D eigenvalue weighted by atomic mass is 10.1. The second-order valence-electron chi connectivity index (χ2n) is 4.09. The van der Waals surface area contributed by atoms with Crippen LogP contribution in [0.4, 0.5) is 0 Å². The minimum atomic E-state index is 0.493. The van der Waals surface area contributed by atoms with Gasteiger partial charge in [0.2, 0.25) is 0 Å². The molecule has 1 aromatic rings. The van der Waals surface area contributed by atoms with E-state index in [0.717, 1.165) is 32.7 Å². The van der Waals surface area contributed by atoms with Gasteiger partial charge in [-0.3, -0.25) is 9.58 Å². The smallest absolute Gasteiger partial charge is 0.0537 e. The maximum Gasteiger partial charge on any atom is 0.0537 e. The summed E-state index contributed by atoms with van der Waals surface area (Å²) in [5.74, 6) is 0. The van der Waals surface area contributed by atoms with E-state index in [4.69, 9.17) is 0 Å². The molecule has 4 heteroatoms. The number of hydrogen-bond donors (Lipinski definition) is 1. The van der Waals surface area contributed by atoms with Crippen LogP contribution in [0.3, 0.4) is 0 Å². The van der Waals surface area contributed by atoms with E-state index in [-0.39, 0.29) is 0 Å². The molecule has 0 bridgehead atoms. The number of rotatable bonds is 3. The van der Waals surface area contributed by atoms with E-state index in [0.29, 0.717) is 6.04 Å². The van der Waals surface area contributed by atoms with Crippen molar-refractivity contribution in [2.75, 3.05) is 26.2 Å². The third-order valence-electron chi connectivity index (χ3n) is 3.16. The summed E-state index contributed by atoms with van der Waals surface area (Å²) in [5.41, 5.74) is 1.33. The summed E-state index contributed by atoms with van der Waals surface area (Å²) >= 11 is 0. The Hall–Kier alpha value is -0.870. The van der Waals surface area contributed by atoms with Crippen molar-refractivity contribution in [3.63, 3.8) is 0 Å². The van der Waals surface area contributed by atoms with E-state index in [2.05, 4.69) is 35.4 Å². The van der Waals surface area contributed by atoms with Crippen LogP contribution in [0.2, 0.25) is 0 Å². The summed E-state index contributed by atoms with van der Waals surface area (Å²) in [4.78, 5) is 2.51. The van der Waals surface area contributed by atoms with Crippen molar-refractivity contribution >= 4 is 0 Å². The Morgan fingerprint density at radius 3 is 2.80 bits per heavy atom. The van der Waals surface area contributed by atoms with Crippen LogP contribution >= 0.6 is 0 Å². The van der Waals surface area contributed by atoms with Gasteiger partial charge in [-0.05, 0) is 13.8 Å². The maximum atomic E-state index is 4.32. The highest BCUT2D eigenvalue weighted by Crippen LogP contribution is 2.19. The fourth-order valence-electron chi connectivity index (χ4n) is 2.05. The lowest BCUT2D eigenvalue weighted by molar-refractivity contribution is 0.185. The molecule has 1 atom stereocenters. The fraction of sp³-hybridized carbons (Fsp3) is 0.727. The molecule has 2 heterocycles. The number of piperazine rings is 1. The molecule has 0 aromatic carbocycles. The number of nitrogens with one attached hydrogen (secondary N) is 1. The quantitative estimate of drug-likeness (QED) is 0.800. The Balaban J connectivity index is 2.02. The second kappa shape index (κ2) is 4.77. The highest BCUT2D eigenvalue weighted by molar-refractivity contribution is 5.09. The lowest BCUT2D eigenvalue weighted by Crippen LogP contribution is -2.44. The van der Waals surface area contributed by atoms with Gasteiger partial charge in [0.05, 0.1) is 6.20 Å². The van der Waals surface area contributed by atoms with Gasteiger partial charge in [0.1, 0.15) is 0 Å². The summed E-state index contributed by atoms with van der Waals surface area (Å²) in [6, 6.07) is 0.493. The zero-order chi connectivity index (χ0) is 10.7. The van der Waals surface area contributed by atoms with Crippen LogP contribution in [-0.2, 0) is 6.54 Å².